The number of hydrogen-bond acceptors (Lipinski definition) is 4. The number of fused-ring (bicyclic) bond motifs is 1. The van der Waals surface area contributed by atoms with Gasteiger partial charge in [-0.05, 0) is 59.4 Å². The van der Waals surface area contributed by atoms with Crippen molar-refractivity contribution in [3.63, 3.8) is 0 Å². The van der Waals surface area contributed by atoms with Crippen molar-refractivity contribution in [1.82, 2.24) is 0 Å². The fraction of sp³-hybridized carbons (Fsp3) is 0.0333. The Morgan fingerprint density at radius 3 is 1.89 bits per heavy atom. The van der Waals surface area contributed by atoms with E-state index in [-0.39, 0.29) is 17.3 Å². The van der Waals surface area contributed by atoms with Crippen LogP contribution in [0.15, 0.2) is 115 Å². The average Bonchev–Trinajstić information content (AvgIpc) is 2.91. The molecule has 4 aromatic rings. The van der Waals surface area contributed by atoms with E-state index in [1.54, 1.807) is 36.4 Å². The number of carbonyl (C=O) groups is 2. The summed E-state index contributed by atoms with van der Waals surface area (Å²) in [6.07, 6.45) is 3.26. The van der Waals surface area contributed by atoms with Crippen LogP contribution in [0.2, 0.25) is 0 Å². The van der Waals surface area contributed by atoms with Crippen LogP contribution in [0.3, 0.4) is 0 Å². The van der Waals surface area contributed by atoms with E-state index in [0.717, 1.165) is 10.8 Å². The summed E-state index contributed by atoms with van der Waals surface area (Å²) in [6, 6.07) is 29.7. The topological polar surface area (TPSA) is 49.9 Å². The van der Waals surface area contributed by atoms with E-state index in [1.165, 1.54) is 9.80 Å². The molecule has 4 aromatic carbocycles. The monoisotopic (exact) mass is 490 g/mol. The van der Waals surface area contributed by atoms with E-state index in [1.807, 2.05) is 72.8 Å². The molecule has 5 rings (SSSR count). The summed E-state index contributed by atoms with van der Waals surface area (Å²) in [5.41, 5.74) is 1.78. The molecule has 0 radical (unpaired) electrons. The molecule has 0 aliphatic carbocycles. The first-order valence-corrected chi connectivity index (χ1v) is 11.8. The number of ether oxygens (including phenoxy) is 1. The number of thiocarbonyl (C=S) groups is 1. The lowest BCUT2D eigenvalue weighted by molar-refractivity contribution is -0.120. The van der Waals surface area contributed by atoms with E-state index < -0.39 is 11.8 Å². The molecule has 0 unspecified atom stereocenters. The van der Waals surface area contributed by atoms with Crippen molar-refractivity contribution >= 4 is 57.4 Å². The molecule has 176 valence electrons. The van der Waals surface area contributed by atoms with Crippen LogP contribution in [0.5, 0.6) is 5.75 Å². The Morgan fingerprint density at radius 1 is 0.750 bits per heavy atom. The zero-order valence-corrected chi connectivity index (χ0v) is 20.2. The van der Waals surface area contributed by atoms with Gasteiger partial charge in [0.2, 0.25) is 0 Å². The summed E-state index contributed by atoms with van der Waals surface area (Å²) in [5, 5.41) is 1.92. The smallest absolute Gasteiger partial charge is 0.270 e. The van der Waals surface area contributed by atoms with Gasteiger partial charge in [-0.2, -0.15) is 0 Å². The average molecular weight is 491 g/mol. The molecule has 6 heteroatoms. The van der Waals surface area contributed by atoms with Crippen LogP contribution in [-0.2, 0) is 9.59 Å². The fourth-order valence-electron chi connectivity index (χ4n) is 4.18. The number of rotatable bonds is 6. The van der Waals surface area contributed by atoms with Crippen LogP contribution >= 0.6 is 12.2 Å². The van der Waals surface area contributed by atoms with E-state index in [2.05, 4.69) is 6.58 Å². The number of carbonyl (C=O) groups excluding carboxylic acids is 2. The second-order valence-electron chi connectivity index (χ2n) is 8.09. The third-order valence-electron chi connectivity index (χ3n) is 5.85. The number of para-hydroxylation sites is 2. The van der Waals surface area contributed by atoms with Crippen molar-refractivity contribution in [3.05, 3.63) is 121 Å². The lowest BCUT2D eigenvalue weighted by Crippen LogP contribution is -2.56. The number of anilines is 2. The van der Waals surface area contributed by atoms with Gasteiger partial charge in [0.05, 0.1) is 11.4 Å². The highest BCUT2D eigenvalue weighted by Gasteiger charge is 2.41. The third-order valence-corrected chi connectivity index (χ3v) is 6.22. The predicted octanol–water partition coefficient (Wildman–Crippen LogP) is 6.15. The second kappa shape index (κ2) is 9.98. The van der Waals surface area contributed by atoms with E-state index in [0.29, 0.717) is 22.7 Å². The highest BCUT2D eigenvalue weighted by Crippen LogP contribution is 2.34. The summed E-state index contributed by atoms with van der Waals surface area (Å²) in [5.74, 6) is -0.440. The summed E-state index contributed by atoms with van der Waals surface area (Å²) < 4.78 is 5.91. The first-order valence-electron chi connectivity index (χ1n) is 11.4. The van der Waals surface area contributed by atoms with Gasteiger partial charge in [-0.3, -0.25) is 19.4 Å². The minimum Gasteiger partial charge on any atom is -0.489 e. The molecule has 1 saturated heterocycles. The largest absolute Gasteiger partial charge is 0.489 e. The Hall–Kier alpha value is -4.55. The van der Waals surface area contributed by atoms with E-state index in [4.69, 9.17) is 17.0 Å². The molecule has 0 bridgehead atoms. The molecule has 1 heterocycles. The van der Waals surface area contributed by atoms with Crippen LogP contribution in [-0.4, -0.2) is 23.5 Å². The van der Waals surface area contributed by atoms with E-state index in [9.17, 15) is 9.59 Å². The fourth-order valence-corrected chi connectivity index (χ4v) is 4.56. The Kier molecular flexibility index (Phi) is 6.43. The Balaban J connectivity index is 1.73. The van der Waals surface area contributed by atoms with Gasteiger partial charge < -0.3 is 4.74 Å². The third kappa shape index (κ3) is 4.19. The maximum absolute atomic E-state index is 13.9. The molecule has 0 saturated carbocycles. The summed E-state index contributed by atoms with van der Waals surface area (Å²) in [4.78, 5) is 30.5. The number of nitrogens with zero attached hydrogens (tertiary/aromatic N) is 2. The van der Waals surface area contributed by atoms with Gasteiger partial charge in [0.15, 0.2) is 5.11 Å². The maximum Gasteiger partial charge on any atom is 0.270 e. The van der Waals surface area contributed by atoms with Crippen LogP contribution in [0.4, 0.5) is 11.4 Å². The second-order valence-corrected chi connectivity index (χ2v) is 8.46. The van der Waals surface area contributed by atoms with Crippen molar-refractivity contribution in [3.8, 4) is 5.75 Å². The first-order chi connectivity index (χ1) is 17.6. The predicted molar refractivity (Wildman–Crippen MR) is 148 cm³/mol. The molecule has 36 heavy (non-hydrogen) atoms. The lowest BCUT2D eigenvalue weighted by atomic mass is 9.99. The molecule has 1 aliphatic heterocycles. The molecule has 5 nitrogen and oxygen atoms in total. The molecule has 0 aromatic heterocycles. The standard InChI is InChI=1S/C30H22N2O3S/c1-2-19-35-27-18-17-21-11-9-10-16-24(21)25(27)20-26-28(33)31(22-12-5-3-6-13-22)30(36)32(29(26)34)23-14-7-4-8-15-23/h2-18,20H,1,19H2. The van der Waals surface area contributed by atoms with Gasteiger partial charge in [0, 0.05) is 5.56 Å². The van der Waals surface area contributed by atoms with Gasteiger partial charge in [-0.1, -0.05) is 79.4 Å². The van der Waals surface area contributed by atoms with Crippen molar-refractivity contribution < 1.29 is 14.3 Å². The Bertz CT molecular complexity index is 1450. The normalized spacial score (nSPS) is 13.8. The van der Waals surface area contributed by atoms with E-state index >= 15 is 0 Å². The highest BCUT2D eigenvalue weighted by molar-refractivity contribution is 7.81. The first kappa shape index (κ1) is 23.2. The quantitative estimate of drug-likeness (QED) is 0.141. The van der Waals surface area contributed by atoms with Crippen LogP contribution in [0, 0.1) is 0 Å². The minimum absolute atomic E-state index is 0.0175. The van der Waals surface area contributed by atoms with Gasteiger partial charge in [-0.25, -0.2) is 0 Å². The molecule has 0 atom stereocenters. The number of amides is 2. The zero-order valence-electron chi connectivity index (χ0n) is 19.3. The van der Waals surface area contributed by atoms with Gasteiger partial charge >= 0.3 is 0 Å². The van der Waals surface area contributed by atoms with Gasteiger partial charge in [-0.15, -0.1) is 0 Å². The molecule has 2 amide bonds. The SMILES string of the molecule is C=CCOc1ccc2ccccc2c1C=C1C(=O)N(c2ccccc2)C(=S)N(c2ccccc2)C1=O. The maximum atomic E-state index is 13.9. The molecular formula is C30H22N2O3S. The summed E-state index contributed by atoms with van der Waals surface area (Å²) in [7, 11) is 0. The molecule has 1 aliphatic rings. The summed E-state index contributed by atoms with van der Waals surface area (Å²) in [6.45, 7) is 4.01. The lowest BCUT2D eigenvalue weighted by Gasteiger charge is -2.36. The van der Waals surface area contributed by atoms with Crippen LogP contribution in [0.25, 0.3) is 16.8 Å². The van der Waals surface area contributed by atoms with Crippen molar-refractivity contribution in [2.45, 2.75) is 0 Å². The number of hydrogen-bond donors (Lipinski definition) is 0. The van der Waals surface area contributed by atoms with Crippen molar-refractivity contribution in [2.75, 3.05) is 16.4 Å². The molecule has 1 fully saturated rings. The van der Waals surface area contributed by atoms with Gasteiger partial charge in [0.25, 0.3) is 11.8 Å². The molecule has 0 N–H and O–H groups in total. The zero-order chi connectivity index (χ0) is 25.1. The van der Waals surface area contributed by atoms with Gasteiger partial charge in [0.1, 0.15) is 17.9 Å². The minimum atomic E-state index is -0.494. The van der Waals surface area contributed by atoms with Crippen LogP contribution in [0.1, 0.15) is 5.56 Å². The van der Waals surface area contributed by atoms with Crippen molar-refractivity contribution in [2.24, 2.45) is 0 Å². The Labute approximate surface area is 214 Å². The number of benzene rings is 4. The molecular weight excluding hydrogens is 468 g/mol. The highest BCUT2D eigenvalue weighted by atomic mass is 32.1. The Morgan fingerprint density at radius 2 is 1.31 bits per heavy atom. The summed E-state index contributed by atoms with van der Waals surface area (Å²) >= 11 is 5.69. The van der Waals surface area contributed by atoms with Crippen molar-refractivity contribution in [1.29, 1.82) is 0 Å². The van der Waals surface area contributed by atoms with Crippen LogP contribution < -0.4 is 14.5 Å². The molecule has 0 spiro atoms.